The molecule has 1 aliphatic carbocycles. The highest BCUT2D eigenvalue weighted by Crippen LogP contribution is 2.47. The number of rotatable bonds is 6. The van der Waals surface area contributed by atoms with Gasteiger partial charge in [0, 0.05) is 49.3 Å². The molecule has 0 radical (unpaired) electrons. The second-order valence-corrected chi connectivity index (χ2v) is 9.95. The number of hydrogen-bond acceptors (Lipinski definition) is 4. The Hall–Kier alpha value is -1.89. The topological polar surface area (TPSA) is 60.6 Å². The standard InChI is InChI=1S/C26H38N4O2/c1-2-29-12-9-21-17-22(30-13-15-32-16-14-30)7-10-26(21,19-29)25(31)27-11-8-20-18-28-24-6-4-3-5-23(20)24/h3-6,18,21-22,28H,2,7-17,19H2,1H3,(H,27,31)/t21-,22+,26-/m1/s1. The molecule has 2 aromatic rings. The van der Waals surface area contributed by atoms with E-state index in [4.69, 9.17) is 4.74 Å². The van der Waals surface area contributed by atoms with Crippen molar-refractivity contribution in [3.63, 3.8) is 0 Å². The quantitative estimate of drug-likeness (QED) is 0.728. The molecule has 0 unspecified atom stereocenters. The van der Waals surface area contributed by atoms with Crippen molar-refractivity contribution in [3.05, 3.63) is 36.0 Å². The van der Waals surface area contributed by atoms with Crippen LogP contribution in [0.2, 0.25) is 0 Å². The number of carbonyl (C=O) groups is 1. The minimum absolute atomic E-state index is 0.225. The van der Waals surface area contributed by atoms with Gasteiger partial charge in [0.2, 0.25) is 5.91 Å². The summed E-state index contributed by atoms with van der Waals surface area (Å²) in [6.07, 6.45) is 7.40. The van der Waals surface area contributed by atoms with E-state index in [2.05, 4.69) is 57.5 Å². The molecule has 1 aromatic heterocycles. The van der Waals surface area contributed by atoms with Gasteiger partial charge >= 0.3 is 0 Å². The number of piperidine rings is 1. The van der Waals surface area contributed by atoms with E-state index in [-0.39, 0.29) is 5.41 Å². The summed E-state index contributed by atoms with van der Waals surface area (Å²) in [5, 5.41) is 4.63. The molecule has 2 saturated heterocycles. The zero-order valence-corrected chi connectivity index (χ0v) is 19.4. The van der Waals surface area contributed by atoms with Gasteiger partial charge in [-0.3, -0.25) is 9.69 Å². The molecule has 0 spiro atoms. The van der Waals surface area contributed by atoms with Crippen LogP contribution in [0.3, 0.4) is 0 Å². The third-order valence-electron chi connectivity index (χ3n) is 8.38. The van der Waals surface area contributed by atoms with Crippen LogP contribution >= 0.6 is 0 Å². The smallest absolute Gasteiger partial charge is 0.227 e. The number of carbonyl (C=O) groups excluding carboxylic acids is 1. The van der Waals surface area contributed by atoms with Crippen LogP contribution in [0, 0.1) is 11.3 Å². The Morgan fingerprint density at radius 3 is 2.91 bits per heavy atom. The van der Waals surface area contributed by atoms with Crippen molar-refractivity contribution in [2.75, 3.05) is 52.5 Å². The first-order valence-corrected chi connectivity index (χ1v) is 12.6. The van der Waals surface area contributed by atoms with Crippen molar-refractivity contribution in [2.45, 2.75) is 45.1 Å². The van der Waals surface area contributed by atoms with Crippen molar-refractivity contribution in [1.82, 2.24) is 20.1 Å². The number of amides is 1. The lowest BCUT2D eigenvalue weighted by Crippen LogP contribution is -2.61. The van der Waals surface area contributed by atoms with Gasteiger partial charge in [-0.25, -0.2) is 0 Å². The zero-order chi connectivity index (χ0) is 22.0. The first-order valence-electron chi connectivity index (χ1n) is 12.6. The Balaban J connectivity index is 1.25. The predicted octanol–water partition coefficient (Wildman–Crippen LogP) is 3.04. The van der Waals surface area contributed by atoms with Gasteiger partial charge in [0.1, 0.15) is 0 Å². The zero-order valence-electron chi connectivity index (χ0n) is 19.4. The number of fused-ring (bicyclic) bond motifs is 2. The minimum atomic E-state index is -0.225. The molecule has 1 amide bonds. The number of aromatic nitrogens is 1. The highest BCUT2D eigenvalue weighted by molar-refractivity contribution is 5.84. The third-order valence-corrected chi connectivity index (χ3v) is 8.38. The van der Waals surface area contributed by atoms with E-state index in [0.29, 0.717) is 24.4 Å². The molecule has 1 aromatic carbocycles. The molecule has 0 bridgehead atoms. The number of para-hydroxylation sites is 1. The predicted molar refractivity (Wildman–Crippen MR) is 128 cm³/mol. The van der Waals surface area contributed by atoms with Crippen LogP contribution in [0.25, 0.3) is 10.9 Å². The van der Waals surface area contributed by atoms with Gasteiger partial charge < -0.3 is 19.9 Å². The number of nitrogens with zero attached hydrogens (tertiary/aromatic N) is 2. The molecule has 174 valence electrons. The fourth-order valence-electron chi connectivity index (χ4n) is 6.46. The first-order chi connectivity index (χ1) is 15.7. The average molecular weight is 439 g/mol. The Labute approximate surface area is 191 Å². The van der Waals surface area contributed by atoms with Crippen molar-refractivity contribution >= 4 is 16.8 Å². The number of aromatic amines is 1. The second-order valence-electron chi connectivity index (χ2n) is 9.95. The molecule has 32 heavy (non-hydrogen) atoms. The monoisotopic (exact) mass is 438 g/mol. The van der Waals surface area contributed by atoms with E-state index >= 15 is 0 Å². The Morgan fingerprint density at radius 2 is 2.06 bits per heavy atom. The number of likely N-dealkylation sites (tertiary alicyclic amines) is 1. The number of benzene rings is 1. The summed E-state index contributed by atoms with van der Waals surface area (Å²) in [6.45, 7) is 9.80. The molecule has 5 rings (SSSR count). The number of hydrogen-bond donors (Lipinski definition) is 2. The third kappa shape index (κ3) is 4.20. The molecule has 3 atom stereocenters. The van der Waals surface area contributed by atoms with Gasteiger partial charge in [0.25, 0.3) is 0 Å². The largest absolute Gasteiger partial charge is 0.379 e. The number of morpholine rings is 1. The summed E-state index contributed by atoms with van der Waals surface area (Å²) in [4.78, 5) is 22.2. The van der Waals surface area contributed by atoms with Gasteiger partial charge in [-0.15, -0.1) is 0 Å². The SMILES string of the molecule is CCN1CC[C@@H]2C[C@@H](N3CCOCC3)CC[C@@]2(C(=O)NCCc2c[nH]c3ccccc23)C1. The molecular weight excluding hydrogens is 400 g/mol. The normalized spacial score (nSPS) is 29.7. The molecule has 3 heterocycles. The second kappa shape index (κ2) is 9.54. The summed E-state index contributed by atoms with van der Waals surface area (Å²) in [7, 11) is 0. The van der Waals surface area contributed by atoms with Crippen molar-refractivity contribution in [1.29, 1.82) is 0 Å². The summed E-state index contributed by atoms with van der Waals surface area (Å²) in [5.74, 6) is 0.779. The highest BCUT2D eigenvalue weighted by atomic mass is 16.5. The lowest BCUT2D eigenvalue weighted by molar-refractivity contribution is -0.144. The fourth-order valence-corrected chi connectivity index (χ4v) is 6.46. The fraction of sp³-hybridized carbons (Fsp3) is 0.654. The molecule has 2 aliphatic heterocycles. The van der Waals surface area contributed by atoms with E-state index in [1.165, 1.54) is 16.5 Å². The van der Waals surface area contributed by atoms with Crippen molar-refractivity contribution < 1.29 is 9.53 Å². The molecule has 1 saturated carbocycles. The molecule has 3 fully saturated rings. The maximum atomic E-state index is 13.7. The molecule has 2 N–H and O–H groups in total. The summed E-state index contributed by atoms with van der Waals surface area (Å²) >= 11 is 0. The highest BCUT2D eigenvalue weighted by Gasteiger charge is 2.52. The number of nitrogens with one attached hydrogen (secondary N) is 2. The van der Waals surface area contributed by atoms with Crippen LogP contribution in [0.1, 0.15) is 38.2 Å². The van der Waals surface area contributed by atoms with Crippen molar-refractivity contribution in [2.24, 2.45) is 11.3 Å². The number of H-pyrrole nitrogens is 1. The van der Waals surface area contributed by atoms with Crippen LogP contribution in [0.4, 0.5) is 0 Å². The van der Waals surface area contributed by atoms with E-state index in [0.717, 1.165) is 78.0 Å². The first kappa shape index (κ1) is 21.9. The van der Waals surface area contributed by atoms with Crippen LogP contribution in [0.5, 0.6) is 0 Å². The van der Waals surface area contributed by atoms with E-state index in [1.54, 1.807) is 0 Å². The van der Waals surface area contributed by atoms with E-state index < -0.39 is 0 Å². The van der Waals surface area contributed by atoms with E-state index in [9.17, 15) is 4.79 Å². The molecule has 3 aliphatic rings. The lowest BCUT2D eigenvalue weighted by atomic mass is 9.61. The van der Waals surface area contributed by atoms with Gasteiger partial charge in [-0.05, 0) is 62.7 Å². The average Bonchev–Trinajstić information content (AvgIpc) is 3.27. The van der Waals surface area contributed by atoms with Crippen molar-refractivity contribution in [3.8, 4) is 0 Å². The van der Waals surface area contributed by atoms with Gasteiger partial charge in [-0.2, -0.15) is 0 Å². The summed E-state index contributed by atoms with van der Waals surface area (Å²) in [6, 6.07) is 9.01. The Morgan fingerprint density at radius 1 is 1.22 bits per heavy atom. The summed E-state index contributed by atoms with van der Waals surface area (Å²) in [5.41, 5.74) is 2.22. The van der Waals surface area contributed by atoms with Gasteiger partial charge in [0.05, 0.1) is 18.6 Å². The molecule has 6 nitrogen and oxygen atoms in total. The van der Waals surface area contributed by atoms with Crippen LogP contribution in [0.15, 0.2) is 30.5 Å². The van der Waals surface area contributed by atoms with Crippen LogP contribution in [-0.4, -0.2) is 79.2 Å². The minimum Gasteiger partial charge on any atom is -0.379 e. The van der Waals surface area contributed by atoms with Crippen LogP contribution < -0.4 is 5.32 Å². The Bertz CT molecular complexity index is 921. The molecule has 6 heteroatoms. The van der Waals surface area contributed by atoms with Crippen LogP contribution in [-0.2, 0) is 16.0 Å². The number of ether oxygens (including phenoxy) is 1. The maximum absolute atomic E-state index is 13.7. The van der Waals surface area contributed by atoms with Gasteiger partial charge in [-0.1, -0.05) is 25.1 Å². The summed E-state index contributed by atoms with van der Waals surface area (Å²) < 4.78 is 5.57. The Kier molecular flexibility index (Phi) is 6.54. The maximum Gasteiger partial charge on any atom is 0.227 e. The van der Waals surface area contributed by atoms with Gasteiger partial charge in [0.15, 0.2) is 0 Å². The lowest BCUT2D eigenvalue weighted by Gasteiger charge is -2.53. The van der Waals surface area contributed by atoms with E-state index in [1.807, 2.05) is 0 Å². The molecular formula is C26H38N4O2.